The highest BCUT2D eigenvalue weighted by Gasteiger charge is 2.12. The molecule has 0 fully saturated rings. The first-order chi connectivity index (χ1) is 16.0. The maximum absolute atomic E-state index is 12.6. The summed E-state index contributed by atoms with van der Waals surface area (Å²) in [6, 6.07) is 23.9. The number of aromatic amines is 1. The van der Waals surface area contributed by atoms with Crippen molar-refractivity contribution in [2.24, 2.45) is 0 Å². The molecule has 4 rings (SSSR count). The molecule has 4 aromatic rings. The second-order valence-electron chi connectivity index (χ2n) is 8.01. The van der Waals surface area contributed by atoms with Crippen LogP contribution in [0.5, 0.6) is 5.75 Å². The molecule has 1 amide bonds. The Morgan fingerprint density at radius 3 is 2.45 bits per heavy atom. The summed E-state index contributed by atoms with van der Waals surface area (Å²) in [4.78, 5) is 12.6. The first-order valence-corrected chi connectivity index (χ1v) is 11.1. The van der Waals surface area contributed by atoms with Gasteiger partial charge in [-0.2, -0.15) is 5.10 Å². The smallest absolute Gasteiger partial charge is 0.240 e. The largest absolute Gasteiger partial charge is 0.489 e. The number of hydrogen-bond acceptors (Lipinski definition) is 4. The average Bonchev–Trinajstić information content (AvgIpc) is 3.17. The molecule has 0 spiro atoms. The lowest BCUT2D eigenvalue weighted by atomic mass is 10.1. The molecule has 168 valence electrons. The summed E-state index contributed by atoms with van der Waals surface area (Å²) in [5.74, 6) is 1.30. The molecule has 0 atom stereocenters. The molecule has 0 radical (unpaired) electrons. The van der Waals surface area contributed by atoms with Crippen LogP contribution in [-0.2, 0) is 24.5 Å². The van der Waals surface area contributed by atoms with Crippen LogP contribution in [0.15, 0.2) is 72.8 Å². The SMILES string of the molecule is Cc1cccc(COc2ccc(CNC(=O)Cn3c(-c4cccc(C)c4)n[nH]c3=S)cc2)c1. The Hall–Kier alpha value is -3.71. The summed E-state index contributed by atoms with van der Waals surface area (Å²) in [5.41, 5.74) is 5.36. The Morgan fingerprint density at radius 1 is 1.00 bits per heavy atom. The number of carbonyl (C=O) groups is 1. The van der Waals surface area contributed by atoms with Gasteiger partial charge in [-0.25, -0.2) is 0 Å². The fourth-order valence-corrected chi connectivity index (χ4v) is 3.74. The minimum atomic E-state index is -0.138. The van der Waals surface area contributed by atoms with E-state index < -0.39 is 0 Å². The second kappa shape index (κ2) is 10.3. The number of carbonyl (C=O) groups excluding carboxylic acids is 1. The lowest BCUT2D eigenvalue weighted by Crippen LogP contribution is -2.27. The fraction of sp³-hybridized carbons (Fsp3) is 0.192. The van der Waals surface area contributed by atoms with Gasteiger partial charge < -0.3 is 10.1 Å². The molecule has 2 N–H and O–H groups in total. The van der Waals surface area contributed by atoms with Crippen LogP contribution in [0, 0.1) is 18.6 Å². The molecule has 3 aromatic carbocycles. The van der Waals surface area contributed by atoms with Gasteiger partial charge >= 0.3 is 0 Å². The van der Waals surface area contributed by atoms with Gasteiger partial charge in [-0.3, -0.25) is 14.5 Å². The molecule has 7 heteroatoms. The van der Waals surface area contributed by atoms with E-state index in [1.54, 1.807) is 4.57 Å². The maximum atomic E-state index is 12.6. The van der Waals surface area contributed by atoms with Crippen LogP contribution in [0.3, 0.4) is 0 Å². The molecular weight excluding hydrogens is 432 g/mol. The van der Waals surface area contributed by atoms with E-state index in [9.17, 15) is 4.79 Å². The van der Waals surface area contributed by atoms with Gasteiger partial charge in [0, 0.05) is 12.1 Å². The lowest BCUT2D eigenvalue weighted by Gasteiger charge is -2.10. The number of aromatic nitrogens is 3. The number of nitrogens with one attached hydrogen (secondary N) is 2. The number of nitrogens with zero attached hydrogens (tertiary/aromatic N) is 2. The van der Waals surface area contributed by atoms with Gasteiger partial charge in [-0.1, -0.05) is 65.7 Å². The molecule has 0 saturated carbocycles. The van der Waals surface area contributed by atoms with Gasteiger partial charge in [-0.15, -0.1) is 0 Å². The van der Waals surface area contributed by atoms with Crippen molar-refractivity contribution in [3.8, 4) is 17.1 Å². The Morgan fingerprint density at radius 2 is 1.73 bits per heavy atom. The predicted molar refractivity (Wildman–Crippen MR) is 131 cm³/mol. The van der Waals surface area contributed by atoms with Crippen LogP contribution in [0.25, 0.3) is 11.4 Å². The first kappa shape index (κ1) is 22.5. The van der Waals surface area contributed by atoms with Gasteiger partial charge in [0.2, 0.25) is 5.91 Å². The third kappa shape index (κ3) is 5.96. The standard InChI is InChI=1S/C26H26N4O2S/c1-18-5-3-7-21(13-18)17-32-23-11-9-20(10-12-23)15-27-24(31)16-30-25(28-29-26(30)33)22-8-4-6-19(2)14-22/h3-14H,15-17H2,1-2H3,(H,27,31)(H,29,33). The number of hydrogen-bond donors (Lipinski definition) is 2. The number of ether oxygens (including phenoxy) is 1. The summed E-state index contributed by atoms with van der Waals surface area (Å²) in [5, 5.41) is 10.0. The topological polar surface area (TPSA) is 71.9 Å². The van der Waals surface area contributed by atoms with E-state index in [0.29, 0.717) is 23.7 Å². The highest BCUT2D eigenvalue weighted by molar-refractivity contribution is 7.71. The van der Waals surface area contributed by atoms with Gasteiger partial charge in [0.15, 0.2) is 10.6 Å². The molecular formula is C26H26N4O2S. The normalized spacial score (nSPS) is 10.7. The molecule has 0 unspecified atom stereocenters. The number of aryl methyl sites for hydroxylation is 2. The molecule has 0 aliphatic heterocycles. The molecule has 1 heterocycles. The van der Waals surface area contributed by atoms with Crippen molar-refractivity contribution in [3.63, 3.8) is 0 Å². The number of H-pyrrole nitrogens is 1. The van der Waals surface area contributed by atoms with Crippen LogP contribution < -0.4 is 10.1 Å². The van der Waals surface area contributed by atoms with Crippen molar-refractivity contribution >= 4 is 18.1 Å². The summed E-state index contributed by atoms with van der Waals surface area (Å²) < 4.78 is 7.99. The molecule has 6 nitrogen and oxygen atoms in total. The van der Waals surface area contributed by atoms with Gasteiger partial charge in [0.1, 0.15) is 18.9 Å². The highest BCUT2D eigenvalue weighted by atomic mass is 32.1. The zero-order valence-corrected chi connectivity index (χ0v) is 19.5. The lowest BCUT2D eigenvalue weighted by molar-refractivity contribution is -0.121. The first-order valence-electron chi connectivity index (χ1n) is 10.7. The summed E-state index contributed by atoms with van der Waals surface area (Å²) in [6.07, 6.45) is 0. The van der Waals surface area contributed by atoms with Crippen molar-refractivity contribution in [1.82, 2.24) is 20.1 Å². The van der Waals surface area contributed by atoms with E-state index >= 15 is 0 Å². The van der Waals surface area contributed by atoms with Gasteiger partial charge in [0.25, 0.3) is 0 Å². The zero-order chi connectivity index (χ0) is 23.2. The monoisotopic (exact) mass is 458 g/mol. The van der Waals surface area contributed by atoms with E-state index in [2.05, 4.69) is 34.6 Å². The number of amides is 1. The van der Waals surface area contributed by atoms with Crippen LogP contribution in [-0.4, -0.2) is 20.7 Å². The van der Waals surface area contributed by atoms with Crippen LogP contribution in [0.4, 0.5) is 0 Å². The van der Waals surface area contributed by atoms with Crippen LogP contribution in [0.2, 0.25) is 0 Å². The minimum absolute atomic E-state index is 0.0935. The molecule has 1 aromatic heterocycles. The molecule has 0 saturated heterocycles. The highest BCUT2D eigenvalue weighted by Crippen LogP contribution is 2.19. The Balaban J connectivity index is 1.32. The van der Waals surface area contributed by atoms with Crippen molar-refractivity contribution in [1.29, 1.82) is 0 Å². The minimum Gasteiger partial charge on any atom is -0.489 e. The molecule has 33 heavy (non-hydrogen) atoms. The third-order valence-electron chi connectivity index (χ3n) is 5.24. The Labute approximate surface area is 198 Å². The number of rotatable bonds is 8. The predicted octanol–water partition coefficient (Wildman–Crippen LogP) is 5.12. The molecule has 0 bridgehead atoms. The summed E-state index contributed by atoms with van der Waals surface area (Å²) in [7, 11) is 0. The van der Waals surface area contributed by atoms with E-state index in [1.807, 2.05) is 67.6 Å². The van der Waals surface area contributed by atoms with Gasteiger partial charge in [-0.05, 0) is 55.4 Å². The second-order valence-corrected chi connectivity index (χ2v) is 8.39. The average molecular weight is 459 g/mol. The third-order valence-corrected chi connectivity index (χ3v) is 5.55. The fourth-order valence-electron chi connectivity index (χ4n) is 3.54. The zero-order valence-electron chi connectivity index (χ0n) is 18.7. The summed E-state index contributed by atoms with van der Waals surface area (Å²) in [6.45, 7) is 5.11. The summed E-state index contributed by atoms with van der Waals surface area (Å²) >= 11 is 5.33. The maximum Gasteiger partial charge on any atom is 0.240 e. The van der Waals surface area contributed by atoms with Crippen molar-refractivity contribution in [2.75, 3.05) is 0 Å². The van der Waals surface area contributed by atoms with E-state index in [1.165, 1.54) is 5.56 Å². The van der Waals surface area contributed by atoms with E-state index in [4.69, 9.17) is 17.0 Å². The van der Waals surface area contributed by atoms with Crippen molar-refractivity contribution in [3.05, 3.63) is 99.8 Å². The van der Waals surface area contributed by atoms with Gasteiger partial charge in [0.05, 0.1) is 0 Å². The van der Waals surface area contributed by atoms with Crippen molar-refractivity contribution < 1.29 is 9.53 Å². The van der Waals surface area contributed by atoms with Crippen LogP contribution >= 0.6 is 12.2 Å². The quantitative estimate of drug-likeness (QED) is 0.360. The van der Waals surface area contributed by atoms with Crippen LogP contribution in [0.1, 0.15) is 22.3 Å². The van der Waals surface area contributed by atoms with E-state index in [0.717, 1.165) is 28.0 Å². The number of benzene rings is 3. The molecule has 0 aliphatic carbocycles. The molecule has 0 aliphatic rings. The Bertz CT molecular complexity index is 1310. The van der Waals surface area contributed by atoms with Crippen molar-refractivity contribution in [2.45, 2.75) is 33.5 Å². The Kier molecular flexibility index (Phi) is 7.00. The van der Waals surface area contributed by atoms with E-state index in [-0.39, 0.29) is 12.5 Å².